The summed E-state index contributed by atoms with van der Waals surface area (Å²) in [6.07, 6.45) is 3.85. The Bertz CT molecular complexity index is 895. The first-order valence-corrected chi connectivity index (χ1v) is 8.99. The van der Waals surface area contributed by atoms with Gasteiger partial charge in [-0.05, 0) is 63.0 Å². The van der Waals surface area contributed by atoms with E-state index in [1.54, 1.807) is 24.5 Å². The average molecular weight is 383 g/mol. The molecule has 1 atom stereocenters. The van der Waals surface area contributed by atoms with E-state index in [1.807, 2.05) is 19.0 Å². The van der Waals surface area contributed by atoms with E-state index >= 15 is 0 Å². The van der Waals surface area contributed by atoms with Crippen LogP contribution in [0.5, 0.6) is 0 Å². The predicted octanol–water partition coefficient (Wildman–Crippen LogP) is 2.59. The summed E-state index contributed by atoms with van der Waals surface area (Å²) in [5.74, 6) is -2.18. The molecule has 0 aliphatic carbocycles. The minimum atomic E-state index is -0.750. The van der Waals surface area contributed by atoms with Crippen LogP contribution in [0.4, 0.5) is 4.39 Å². The maximum Gasteiger partial charge on any atom is 0.295 e. The number of rotatable bonds is 6. The monoisotopic (exact) mass is 383 g/mol. The van der Waals surface area contributed by atoms with Crippen LogP contribution in [0.3, 0.4) is 0 Å². The number of pyridine rings is 1. The van der Waals surface area contributed by atoms with Gasteiger partial charge >= 0.3 is 0 Å². The molecule has 1 aromatic carbocycles. The van der Waals surface area contributed by atoms with Gasteiger partial charge in [-0.25, -0.2) is 4.39 Å². The summed E-state index contributed by atoms with van der Waals surface area (Å²) < 4.78 is 13.2. The van der Waals surface area contributed by atoms with Crippen molar-refractivity contribution in [1.82, 2.24) is 14.8 Å². The molecule has 0 saturated carbocycles. The van der Waals surface area contributed by atoms with Crippen molar-refractivity contribution in [2.45, 2.75) is 12.5 Å². The van der Waals surface area contributed by atoms with Crippen molar-refractivity contribution in [1.29, 1.82) is 0 Å². The van der Waals surface area contributed by atoms with Crippen LogP contribution in [0, 0.1) is 5.82 Å². The summed E-state index contributed by atoms with van der Waals surface area (Å²) in [6, 6.07) is 7.89. The molecule has 6 nitrogen and oxygen atoms in total. The lowest BCUT2D eigenvalue weighted by Gasteiger charge is -2.25. The quantitative estimate of drug-likeness (QED) is 0.472. The van der Waals surface area contributed by atoms with Crippen molar-refractivity contribution in [3.8, 4) is 0 Å². The van der Waals surface area contributed by atoms with Crippen LogP contribution in [0.15, 0.2) is 54.4 Å². The van der Waals surface area contributed by atoms with Gasteiger partial charge in [-0.15, -0.1) is 0 Å². The lowest BCUT2D eigenvalue weighted by molar-refractivity contribution is -0.139. The molecule has 1 aliphatic rings. The molecule has 28 heavy (non-hydrogen) atoms. The van der Waals surface area contributed by atoms with Crippen LogP contribution in [0.1, 0.15) is 23.6 Å². The third-order valence-electron chi connectivity index (χ3n) is 4.66. The fourth-order valence-electron chi connectivity index (χ4n) is 3.32. The number of likely N-dealkylation sites (tertiary alicyclic amines) is 1. The van der Waals surface area contributed by atoms with Gasteiger partial charge in [-0.1, -0.05) is 6.07 Å². The number of aliphatic hydroxyl groups excluding tert-OH is 1. The highest BCUT2D eigenvalue weighted by Gasteiger charge is 2.45. The molecule has 3 rings (SSSR count). The average Bonchev–Trinajstić information content (AvgIpc) is 2.93. The molecule has 0 unspecified atom stereocenters. The summed E-state index contributed by atoms with van der Waals surface area (Å²) in [5, 5.41) is 10.8. The molecule has 1 amide bonds. The maximum atomic E-state index is 13.2. The number of aromatic nitrogens is 1. The first-order valence-electron chi connectivity index (χ1n) is 8.99. The topological polar surface area (TPSA) is 73.7 Å². The fourth-order valence-corrected chi connectivity index (χ4v) is 3.32. The highest BCUT2D eigenvalue weighted by Crippen LogP contribution is 2.39. The van der Waals surface area contributed by atoms with Crippen molar-refractivity contribution < 1.29 is 19.1 Å². The first kappa shape index (κ1) is 19.7. The highest BCUT2D eigenvalue weighted by molar-refractivity contribution is 6.46. The molecule has 7 heteroatoms. The summed E-state index contributed by atoms with van der Waals surface area (Å²) in [6.45, 7) is 1.11. The van der Waals surface area contributed by atoms with E-state index in [1.165, 1.54) is 29.2 Å². The molecular weight excluding hydrogens is 361 g/mol. The van der Waals surface area contributed by atoms with Gasteiger partial charge in [-0.2, -0.15) is 0 Å². The molecule has 1 fully saturated rings. The molecule has 1 N–H and O–H groups in total. The zero-order valence-electron chi connectivity index (χ0n) is 15.8. The third kappa shape index (κ3) is 3.94. The van der Waals surface area contributed by atoms with E-state index in [0.717, 1.165) is 6.54 Å². The second-order valence-electron chi connectivity index (χ2n) is 6.94. The van der Waals surface area contributed by atoms with Gasteiger partial charge in [0, 0.05) is 24.5 Å². The third-order valence-corrected chi connectivity index (χ3v) is 4.66. The molecule has 0 spiro atoms. The number of hydrogen-bond donors (Lipinski definition) is 1. The minimum absolute atomic E-state index is 0.00513. The summed E-state index contributed by atoms with van der Waals surface area (Å²) in [4.78, 5) is 33.0. The van der Waals surface area contributed by atoms with Crippen LogP contribution >= 0.6 is 0 Å². The molecule has 2 heterocycles. The van der Waals surface area contributed by atoms with Gasteiger partial charge in [0.15, 0.2) is 0 Å². The SMILES string of the molecule is CN(C)CCCN1C(=O)C(=O)C(=C(O)c2ccc(F)cc2)[C@@H]1c1cccnc1. The zero-order valence-corrected chi connectivity index (χ0v) is 15.8. The normalized spacial score (nSPS) is 18.9. The number of carbonyl (C=O) groups is 2. The Hall–Kier alpha value is -3.06. The van der Waals surface area contributed by atoms with Gasteiger partial charge in [0.25, 0.3) is 11.7 Å². The van der Waals surface area contributed by atoms with E-state index in [4.69, 9.17) is 0 Å². The second-order valence-corrected chi connectivity index (χ2v) is 6.94. The minimum Gasteiger partial charge on any atom is -0.507 e. The molecule has 0 bridgehead atoms. The summed E-state index contributed by atoms with van der Waals surface area (Å²) >= 11 is 0. The van der Waals surface area contributed by atoms with Crippen molar-refractivity contribution in [3.63, 3.8) is 0 Å². The fraction of sp³-hybridized carbons (Fsp3) is 0.286. The van der Waals surface area contributed by atoms with Crippen LogP contribution in [0.25, 0.3) is 5.76 Å². The number of nitrogens with zero attached hydrogens (tertiary/aromatic N) is 3. The van der Waals surface area contributed by atoms with E-state index in [-0.39, 0.29) is 16.9 Å². The number of benzene rings is 1. The Balaban J connectivity index is 2.06. The number of carbonyl (C=O) groups excluding carboxylic acids is 2. The van der Waals surface area contributed by atoms with Crippen LogP contribution < -0.4 is 0 Å². The number of amides is 1. The zero-order chi connectivity index (χ0) is 20.3. The van der Waals surface area contributed by atoms with Crippen LogP contribution in [-0.4, -0.2) is 58.8 Å². The highest BCUT2D eigenvalue weighted by atomic mass is 19.1. The Morgan fingerprint density at radius 1 is 1.21 bits per heavy atom. The Kier molecular flexibility index (Phi) is 5.84. The van der Waals surface area contributed by atoms with Gasteiger partial charge in [0.1, 0.15) is 11.6 Å². The van der Waals surface area contributed by atoms with Crippen LogP contribution in [-0.2, 0) is 9.59 Å². The number of Topliss-reactive ketones (excluding diaryl/α,β-unsaturated/α-hetero) is 1. The largest absolute Gasteiger partial charge is 0.507 e. The van der Waals surface area contributed by atoms with E-state index < -0.39 is 23.5 Å². The second kappa shape index (κ2) is 8.31. The van der Waals surface area contributed by atoms with Gasteiger partial charge in [-0.3, -0.25) is 14.6 Å². The van der Waals surface area contributed by atoms with E-state index in [2.05, 4.69) is 4.98 Å². The lowest BCUT2D eigenvalue weighted by atomic mass is 9.96. The lowest BCUT2D eigenvalue weighted by Crippen LogP contribution is -2.32. The van der Waals surface area contributed by atoms with Gasteiger partial charge < -0.3 is 14.9 Å². The standard InChI is InChI=1S/C21H22FN3O3/c1-24(2)11-4-12-25-18(15-5-3-10-23-13-15)17(20(27)21(25)28)19(26)14-6-8-16(22)9-7-14/h3,5-10,13,18,26H,4,11-12H2,1-2H3/t18-/m0/s1. The van der Waals surface area contributed by atoms with Crippen molar-refractivity contribution in [3.05, 3.63) is 71.3 Å². The molecule has 146 valence electrons. The van der Waals surface area contributed by atoms with Crippen molar-refractivity contribution in [2.75, 3.05) is 27.2 Å². The Morgan fingerprint density at radius 3 is 2.54 bits per heavy atom. The number of aliphatic hydroxyl groups is 1. The predicted molar refractivity (Wildman–Crippen MR) is 103 cm³/mol. The van der Waals surface area contributed by atoms with Crippen molar-refractivity contribution >= 4 is 17.4 Å². The van der Waals surface area contributed by atoms with Gasteiger partial charge in [0.05, 0.1) is 11.6 Å². The number of halogens is 1. The van der Waals surface area contributed by atoms with Crippen LogP contribution in [0.2, 0.25) is 0 Å². The maximum absolute atomic E-state index is 13.2. The molecule has 1 aromatic heterocycles. The molecular formula is C21H22FN3O3. The number of ketones is 1. The molecule has 1 aliphatic heterocycles. The number of hydrogen-bond acceptors (Lipinski definition) is 5. The van der Waals surface area contributed by atoms with Gasteiger partial charge in [0.2, 0.25) is 0 Å². The molecule has 0 radical (unpaired) electrons. The molecule has 2 aromatic rings. The summed E-state index contributed by atoms with van der Waals surface area (Å²) in [7, 11) is 3.86. The van der Waals surface area contributed by atoms with E-state index in [0.29, 0.717) is 18.5 Å². The first-order chi connectivity index (χ1) is 13.4. The Morgan fingerprint density at radius 2 is 1.93 bits per heavy atom. The Labute approximate surface area is 162 Å². The van der Waals surface area contributed by atoms with Crippen molar-refractivity contribution in [2.24, 2.45) is 0 Å². The smallest absolute Gasteiger partial charge is 0.295 e. The summed E-state index contributed by atoms with van der Waals surface area (Å²) in [5.41, 5.74) is 0.909. The molecule has 1 saturated heterocycles. The van der Waals surface area contributed by atoms with E-state index in [9.17, 15) is 19.1 Å².